The Morgan fingerprint density at radius 1 is 1.60 bits per heavy atom. The first-order chi connectivity index (χ1) is 4.83. The molecule has 56 valence electrons. The number of halogens is 1. The summed E-state index contributed by atoms with van der Waals surface area (Å²) in [5.74, 6) is 0.476. The zero-order valence-corrected chi connectivity index (χ0v) is 6.52. The van der Waals surface area contributed by atoms with Crippen molar-refractivity contribution in [1.82, 2.24) is 0 Å². The van der Waals surface area contributed by atoms with E-state index in [2.05, 4.69) is 6.07 Å². The first-order valence-corrected chi connectivity index (χ1v) is 3.98. The fourth-order valence-electron chi connectivity index (χ4n) is 1.02. The van der Waals surface area contributed by atoms with Crippen molar-refractivity contribution in [2.24, 2.45) is 0 Å². The minimum atomic E-state index is -0.463. The number of hydrogen-bond donors (Lipinski definition) is 0. The van der Waals surface area contributed by atoms with Crippen molar-refractivity contribution >= 4 is 11.6 Å². The lowest BCUT2D eigenvalue weighted by molar-refractivity contribution is -0.0489. The van der Waals surface area contributed by atoms with Gasteiger partial charge in [0.1, 0.15) is 0 Å². The summed E-state index contributed by atoms with van der Waals surface area (Å²) in [7, 11) is 0. The van der Waals surface area contributed by atoms with E-state index < -0.39 is 5.60 Å². The lowest BCUT2D eigenvalue weighted by Gasteiger charge is -2.34. The molecule has 0 saturated heterocycles. The van der Waals surface area contributed by atoms with Crippen molar-refractivity contribution in [2.45, 2.75) is 24.9 Å². The van der Waals surface area contributed by atoms with Gasteiger partial charge in [-0.1, -0.05) is 0 Å². The Balaban J connectivity index is 2.29. The van der Waals surface area contributed by atoms with Crippen molar-refractivity contribution in [3.8, 4) is 6.07 Å². The molecule has 3 heteroatoms. The van der Waals surface area contributed by atoms with Crippen LogP contribution in [0.25, 0.3) is 0 Å². The lowest BCUT2D eigenvalue weighted by atomic mass is 9.81. The Kier molecular flexibility index (Phi) is 2.53. The molecule has 10 heavy (non-hydrogen) atoms. The topological polar surface area (TPSA) is 33.0 Å². The van der Waals surface area contributed by atoms with Gasteiger partial charge in [-0.25, -0.2) is 0 Å². The molecule has 1 saturated carbocycles. The van der Waals surface area contributed by atoms with Crippen LogP contribution in [0.5, 0.6) is 0 Å². The van der Waals surface area contributed by atoms with E-state index in [4.69, 9.17) is 21.6 Å². The molecule has 1 rings (SSSR count). The maximum absolute atomic E-state index is 8.65. The van der Waals surface area contributed by atoms with Gasteiger partial charge in [-0.3, -0.25) is 0 Å². The molecule has 0 heterocycles. The summed E-state index contributed by atoms with van der Waals surface area (Å²) >= 11 is 5.41. The minimum absolute atomic E-state index is 0.463. The molecule has 0 amide bonds. The fraction of sp³-hybridized carbons (Fsp3) is 0.857. The maximum Gasteiger partial charge on any atom is 0.154 e. The van der Waals surface area contributed by atoms with Gasteiger partial charge in [0.05, 0.1) is 12.7 Å². The van der Waals surface area contributed by atoms with Gasteiger partial charge in [0, 0.05) is 5.88 Å². The quantitative estimate of drug-likeness (QED) is 0.588. The van der Waals surface area contributed by atoms with E-state index in [1.807, 2.05) is 0 Å². The number of ether oxygens (including phenoxy) is 1. The SMILES string of the molecule is N#CC1(OCCCl)CCC1. The van der Waals surface area contributed by atoms with E-state index in [9.17, 15) is 0 Å². The van der Waals surface area contributed by atoms with Crippen LogP contribution >= 0.6 is 11.6 Å². The zero-order valence-electron chi connectivity index (χ0n) is 5.77. The number of nitrogens with zero attached hydrogens (tertiary/aromatic N) is 1. The Morgan fingerprint density at radius 2 is 2.30 bits per heavy atom. The highest BCUT2D eigenvalue weighted by molar-refractivity contribution is 6.17. The van der Waals surface area contributed by atoms with Gasteiger partial charge in [-0.15, -0.1) is 11.6 Å². The molecule has 0 atom stereocenters. The Bertz CT molecular complexity index is 148. The van der Waals surface area contributed by atoms with Gasteiger partial charge in [0.25, 0.3) is 0 Å². The maximum atomic E-state index is 8.65. The molecule has 0 N–H and O–H groups in total. The van der Waals surface area contributed by atoms with Crippen molar-refractivity contribution in [2.75, 3.05) is 12.5 Å². The van der Waals surface area contributed by atoms with Gasteiger partial charge < -0.3 is 4.74 Å². The van der Waals surface area contributed by atoms with Gasteiger partial charge in [-0.05, 0) is 19.3 Å². The van der Waals surface area contributed by atoms with Crippen molar-refractivity contribution in [3.63, 3.8) is 0 Å². The Hall–Kier alpha value is -0.260. The van der Waals surface area contributed by atoms with E-state index >= 15 is 0 Å². The molecule has 0 spiro atoms. The highest BCUT2D eigenvalue weighted by Crippen LogP contribution is 2.34. The standard InChI is InChI=1S/C7H10ClNO/c8-4-5-10-7(6-9)2-1-3-7/h1-5H2. The summed E-state index contributed by atoms with van der Waals surface area (Å²) in [6.45, 7) is 0.495. The van der Waals surface area contributed by atoms with E-state index in [0.717, 1.165) is 19.3 Å². The van der Waals surface area contributed by atoms with Crippen molar-refractivity contribution < 1.29 is 4.74 Å². The summed E-state index contributed by atoms with van der Waals surface area (Å²) in [6, 6.07) is 2.17. The second kappa shape index (κ2) is 3.23. The normalized spacial score (nSPS) is 21.2. The lowest BCUT2D eigenvalue weighted by Crippen LogP contribution is -2.38. The summed E-state index contributed by atoms with van der Waals surface area (Å²) in [5, 5.41) is 8.65. The van der Waals surface area contributed by atoms with Crippen LogP contribution in [0.3, 0.4) is 0 Å². The van der Waals surface area contributed by atoms with Crippen LogP contribution in [0.15, 0.2) is 0 Å². The molecule has 2 nitrogen and oxygen atoms in total. The summed E-state index contributed by atoms with van der Waals surface area (Å²) in [6.07, 6.45) is 2.86. The van der Waals surface area contributed by atoms with Gasteiger partial charge in [0.2, 0.25) is 0 Å². The molecule has 0 aliphatic heterocycles. The first-order valence-electron chi connectivity index (χ1n) is 3.44. The number of alkyl halides is 1. The zero-order chi connectivity index (χ0) is 7.45. The van der Waals surface area contributed by atoms with Crippen LogP contribution in [-0.4, -0.2) is 18.1 Å². The number of nitriles is 1. The molecule has 1 aliphatic rings. The summed E-state index contributed by atoms with van der Waals surface area (Å²) in [4.78, 5) is 0. The van der Waals surface area contributed by atoms with Crippen molar-refractivity contribution in [3.05, 3.63) is 0 Å². The predicted octanol–water partition coefficient (Wildman–Crippen LogP) is 1.69. The average Bonchev–Trinajstić information content (AvgIpc) is 1.87. The van der Waals surface area contributed by atoms with Gasteiger partial charge >= 0.3 is 0 Å². The molecule has 0 aromatic heterocycles. The van der Waals surface area contributed by atoms with E-state index in [0.29, 0.717) is 12.5 Å². The molecule has 1 aliphatic carbocycles. The van der Waals surface area contributed by atoms with E-state index in [-0.39, 0.29) is 0 Å². The Morgan fingerprint density at radius 3 is 2.60 bits per heavy atom. The largest absolute Gasteiger partial charge is 0.359 e. The van der Waals surface area contributed by atoms with Crippen LogP contribution < -0.4 is 0 Å². The smallest absolute Gasteiger partial charge is 0.154 e. The second-order valence-electron chi connectivity index (χ2n) is 2.50. The highest BCUT2D eigenvalue weighted by Gasteiger charge is 2.37. The van der Waals surface area contributed by atoms with Crippen LogP contribution in [0.2, 0.25) is 0 Å². The highest BCUT2D eigenvalue weighted by atomic mass is 35.5. The molecular formula is C7H10ClNO. The van der Waals surface area contributed by atoms with Crippen LogP contribution in [-0.2, 0) is 4.74 Å². The molecular weight excluding hydrogens is 150 g/mol. The first kappa shape index (κ1) is 7.84. The molecule has 1 fully saturated rings. The number of hydrogen-bond acceptors (Lipinski definition) is 2. The third-order valence-corrected chi connectivity index (χ3v) is 1.97. The minimum Gasteiger partial charge on any atom is -0.359 e. The van der Waals surface area contributed by atoms with Crippen LogP contribution in [0.1, 0.15) is 19.3 Å². The second-order valence-corrected chi connectivity index (χ2v) is 2.88. The fourth-order valence-corrected chi connectivity index (χ4v) is 1.10. The van der Waals surface area contributed by atoms with Gasteiger partial charge in [-0.2, -0.15) is 5.26 Å². The summed E-state index contributed by atoms with van der Waals surface area (Å²) in [5.41, 5.74) is -0.463. The molecule has 0 radical (unpaired) electrons. The van der Waals surface area contributed by atoms with Gasteiger partial charge in [0.15, 0.2) is 5.60 Å². The predicted molar refractivity (Wildman–Crippen MR) is 38.9 cm³/mol. The molecule has 0 aromatic rings. The summed E-state index contributed by atoms with van der Waals surface area (Å²) < 4.78 is 5.27. The third-order valence-electron chi connectivity index (χ3n) is 1.82. The third kappa shape index (κ3) is 1.42. The van der Waals surface area contributed by atoms with Crippen molar-refractivity contribution in [1.29, 1.82) is 5.26 Å². The van der Waals surface area contributed by atoms with Crippen LogP contribution in [0.4, 0.5) is 0 Å². The number of rotatable bonds is 3. The van der Waals surface area contributed by atoms with E-state index in [1.165, 1.54) is 0 Å². The monoisotopic (exact) mass is 159 g/mol. The molecule has 0 aromatic carbocycles. The molecule has 0 bridgehead atoms. The van der Waals surface area contributed by atoms with Crippen LogP contribution in [0, 0.1) is 11.3 Å². The van der Waals surface area contributed by atoms with E-state index in [1.54, 1.807) is 0 Å². The Labute approximate surface area is 65.7 Å². The average molecular weight is 160 g/mol. The molecule has 0 unspecified atom stereocenters.